The highest BCUT2D eigenvalue weighted by Gasteiger charge is 2.11. The molecule has 0 aliphatic rings. The van der Waals surface area contributed by atoms with Crippen LogP contribution < -0.4 is 10.1 Å². The number of rotatable bonds is 8. The van der Waals surface area contributed by atoms with Gasteiger partial charge in [0.25, 0.3) is 0 Å². The number of amides is 1. The van der Waals surface area contributed by atoms with E-state index in [4.69, 9.17) is 16.3 Å². The van der Waals surface area contributed by atoms with Gasteiger partial charge in [-0.3, -0.25) is 4.79 Å². The van der Waals surface area contributed by atoms with E-state index < -0.39 is 0 Å². The topological polar surface area (TPSA) is 81.9 Å². The van der Waals surface area contributed by atoms with E-state index in [1.165, 1.54) is 11.8 Å². The van der Waals surface area contributed by atoms with E-state index in [0.29, 0.717) is 16.7 Å². The van der Waals surface area contributed by atoms with E-state index in [2.05, 4.69) is 20.8 Å². The number of ether oxygens (including phenoxy) is 1. The molecule has 0 radical (unpaired) electrons. The van der Waals surface area contributed by atoms with Crippen LogP contribution in [-0.4, -0.2) is 45.5 Å². The molecule has 1 heterocycles. The summed E-state index contributed by atoms with van der Waals surface area (Å²) in [5.41, 5.74) is 1.88. The molecule has 1 aromatic heterocycles. The summed E-state index contributed by atoms with van der Waals surface area (Å²) < 4.78 is 6.69. The molecule has 7 nitrogen and oxygen atoms in total. The van der Waals surface area contributed by atoms with Crippen molar-refractivity contribution in [3.8, 4) is 11.4 Å². The van der Waals surface area contributed by atoms with E-state index in [0.717, 1.165) is 23.4 Å². The fourth-order valence-electron chi connectivity index (χ4n) is 2.36. The molecule has 140 valence electrons. The summed E-state index contributed by atoms with van der Waals surface area (Å²) in [6.45, 7) is 0.560. The molecule has 0 bridgehead atoms. The van der Waals surface area contributed by atoms with Crippen molar-refractivity contribution in [1.82, 2.24) is 25.5 Å². The van der Waals surface area contributed by atoms with Crippen molar-refractivity contribution >= 4 is 29.3 Å². The highest BCUT2D eigenvalue weighted by molar-refractivity contribution is 7.99. The number of aromatic nitrogens is 4. The van der Waals surface area contributed by atoms with Gasteiger partial charge in [0.15, 0.2) is 0 Å². The van der Waals surface area contributed by atoms with Crippen LogP contribution in [0.1, 0.15) is 5.56 Å². The van der Waals surface area contributed by atoms with Crippen LogP contribution in [0.25, 0.3) is 5.69 Å². The fraction of sp³-hybridized carbons (Fsp3) is 0.222. The first-order valence-corrected chi connectivity index (χ1v) is 9.59. The van der Waals surface area contributed by atoms with E-state index in [9.17, 15) is 4.79 Å². The number of nitrogens with zero attached hydrogens (tertiary/aromatic N) is 4. The zero-order valence-corrected chi connectivity index (χ0v) is 16.2. The second-order valence-electron chi connectivity index (χ2n) is 5.59. The van der Waals surface area contributed by atoms with Crippen LogP contribution in [0.2, 0.25) is 5.02 Å². The monoisotopic (exact) mass is 403 g/mol. The maximum Gasteiger partial charge on any atom is 0.230 e. The Balaban J connectivity index is 1.47. The second-order valence-corrected chi connectivity index (χ2v) is 6.97. The second kappa shape index (κ2) is 9.38. The van der Waals surface area contributed by atoms with Gasteiger partial charge in [0.2, 0.25) is 11.1 Å². The van der Waals surface area contributed by atoms with E-state index >= 15 is 0 Å². The Bertz CT molecular complexity index is 901. The molecule has 0 saturated heterocycles. The maximum absolute atomic E-state index is 12.1. The SMILES string of the molecule is COc1ccc(CCNC(=O)CSc2nnnn2-c2cccc(Cl)c2)cc1. The van der Waals surface area contributed by atoms with Crippen molar-refractivity contribution in [2.75, 3.05) is 19.4 Å². The summed E-state index contributed by atoms with van der Waals surface area (Å²) in [4.78, 5) is 12.1. The third-order valence-corrected chi connectivity index (χ3v) is 4.88. The number of thioether (sulfide) groups is 1. The van der Waals surface area contributed by atoms with Gasteiger partial charge in [-0.2, -0.15) is 4.68 Å². The van der Waals surface area contributed by atoms with Crippen molar-refractivity contribution in [3.05, 3.63) is 59.1 Å². The van der Waals surface area contributed by atoms with Crippen LogP contribution in [0.15, 0.2) is 53.7 Å². The summed E-state index contributed by atoms with van der Waals surface area (Å²) in [7, 11) is 1.63. The van der Waals surface area contributed by atoms with Crippen molar-refractivity contribution in [1.29, 1.82) is 0 Å². The van der Waals surface area contributed by atoms with Crippen molar-refractivity contribution in [3.63, 3.8) is 0 Å². The van der Waals surface area contributed by atoms with Crippen LogP contribution in [0, 0.1) is 0 Å². The predicted octanol–water partition coefficient (Wildman–Crippen LogP) is 2.78. The third-order valence-electron chi connectivity index (χ3n) is 3.72. The van der Waals surface area contributed by atoms with Crippen LogP contribution >= 0.6 is 23.4 Å². The van der Waals surface area contributed by atoms with Gasteiger partial charge in [-0.05, 0) is 52.7 Å². The van der Waals surface area contributed by atoms with Gasteiger partial charge in [0, 0.05) is 11.6 Å². The molecule has 1 amide bonds. The molecule has 0 aliphatic heterocycles. The van der Waals surface area contributed by atoms with Gasteiger partial charge < -0.3 is 10.1 Å². The standard InChI is InChI=1S/C18H18ClN5O2S/c1-26-16-7-5-13(6-8-16)9-10-20-17(25)12-27-18-21-22-23-24(18)15-4-2-3-14(19)11-15/h2-8,11H,9-10,12H2,1H3,(H,20,25). The van der Waals surface area contributed by atoms with Gasteiger partial charge in [0.05, 0.1) is 18.6 Å². The third kappa shape index (κ3) is 5.45. The minimum atomic E-state index is -0.0749. The lowest BCUT2D eigenvalue weighted by Gasteiger charge is -2.07. The normalized spacial score (nSPS) is 10.6. The first-order valence-electron chi connectivity index (χ1n) is 8.22. The summed E-state index contributed by atoms with van der Waals surface area (Å²) in [6.07, 6.45) is 0.751. The van der Waals surface area contributed by atoms with Crippen molar-refractivity contribution in [2.45, 2.75) is 11.6 Å². The molecule has 0 fully saturated rings. The zero-order chi connectivity index (χ0) is 19.1. The van der Waals surface area contributed by atoms with Gasteiger partial charge in [0.1, 0.15) is 5.75 Å². The molecule has 3 aromatic rings. The zero-order valence-electron chi connectivity index (χ0n) is 14.6. The van der Waals surface area contributed by atoms with Crippen molar-refractivity contribution < 1.29 is 9.53 Å². The molecule has 0 atom stereocenters. The number of nitrogens with one attached hydrogen (secondary N) is 1. The van der Waals surface area contributed by atoms with Crippen LogP contribution in [0.5, 0.6) is 5.75 Å². The first kappa shape index (κ1) is 19.2. The van der Waals surface area contributed by atoms with Crippen LogP contribution in [0.4, 0.5) is 0 Å². The van der Waals surface area contributed by atoms with E-state index in [1.54, 1.807) is 23.9 Å². The van der Waals surface area contributed by atoms with E-state index in [1.807, 2.05) is 36.4 Å². The minimum Gasteiger partial charge on any atom is -0.497 e. The smallest absolute Gasteiger partial charge is 0.230 e. The summed E-state index contributed by atoms with van der Waals surface area (Å²) >= 11 is 7.28. The lowest BCUT2D eigenvalue weighted by Crippen LogP contribution is -2.27. The maximum atomic E-state index is 12.1. The number of carbonyl (C=O) groups excluding carboxylic acids is 1. The molecule has 3 rings (SSSR count). The average molecular weight is 404 g/mol. The van der Waals surface area contributed by atoms with Gasteiger partial charge in [-0.15, -0.1) is 5.10 Å². The molecular weight excluding hydrogens is 386 g/mol. The highest BCUT2D eigenvalue weighted by Crippen LogP contribution is 2.20. The van der Waals surface area contributed by atoms with Gasteiger partial charge in [-0.1, -0.05) is 41.6 Å². The molecule has 2 aromatic carbocycles. The Morgan fingerprint density at radius 1 is 1.26 bits per heavy atom. The fourth-order valence-corrected chi connectivity index (χ4v) is 3.26. The number of methoxy groups -OCH3 is 1. The van der Waals surface area contributed by atoms with Gasteiger partial charge in [-0.25, -0.2) is 0 Å². The van der Waals surface area contributed by atoms with Crippen molar-refractivity contribution in [2.24, 2.45) is 0 Å². The van der Waals surface area contributed by atoms with E-state index in [-0.39, 0.29) is 11.7 Å². The number of tetrazole rings is 1. The number of hydrogen-bond donors (Lipinski definition) is 1. The summed E-state index contributed by atoms with van der Waals surface area (Å²) in [5.74, 6) is 0.967. The number of halogens is 1. The first-order chi connectivity index (χ1) is 13.2. The molecule has 9 heteroatoms. The average Bonchev–Trinajstić information content (AvgIpc) is 3.15. The Hall–Kier alpha value is -2.58. The summed E-state index contributed by atoms with van der Waals surface area (Å²) in [6, 6.07) is 15.0. The molecule has 0 aliphatic carbocycles. The predicted molar refractivity (Wildman–Crippen MR) is 105 cm³/mol. The Kier molecular flexibility index (Phi) is 6.67. The lowest BCUT2D eigenvalue weighted by molar-refractivity contribution is -0.118. The largest absolute Gasteiger partial charge is 0.497 e. The molecule has 0 unspecified atom stereocenters. The number of benzene rings is 2. The quantitative estimate of drug-likeness (QED) is 0.582. The number of hydrogen-bond acceptors (Lipinski definition) is 6. The molecule has 0 spiro atoms. The summed E-state index contributed by atoms with van der Waals surface area (Å²) in [5, 5.41) is 15.6. The molecular formula is C18H18ClN5O2S. The lowest BCUT2D eigenvalue weighted by atomic mass is 10.1. The van der Waals surface area contributed by atoms with Crippen LogP contribution in [-0.2, 0) is 11.2 Å². The Morgan fingerprint density at radius 2 is 2.07 bits per heavy atom. The molecule has 0 saturated carbocycles. The Labute approximate surface area is 166 Å². The van der Waals surface area contributed by atoms with Crippen LogP contribution in [0.3, 0.4) is 0 Å². The highest BCUT2D eigenvalue weighted by atomic mass is 35.5. The number of carbonyl (C=O) groups is 1. The Morgan fingerprint density at radius 3 is 2.81 bits per heavy atom. The molecule has 1 N–H and O–H groups in total. The molecule has 27 heavy (non-hydrogen) atoms. The minimum absolute atomic E-state index is 0.0749. The van der Waals surface area contributed by atoms with Gasteiger partial charge >= 0.3 is 0 Å².